The van der Waals surface area contributed by atoms with Crippen LogP contribution in [0, 0.1) is 19.8 Å². The molecule has 3 rings (SSSR count). The van der Waals surface area contributed by atoms with E-state index in [1.807, 2.05) is 19.9 Å². The number of fused-ring (bicyclic) bond motifs is 1. The zero-order chi connectivity index (χ0) is 16.6. The highest BCUT2D eigenvalue weighted by Crippen LogP contribution is 2.32. The fraction of sp³-hybridized carbons (Fsp3) is 0.611. The Morgan fingerprint density at radius 1 is 1.26 bits per heavy atom. The van der Waals surface area contributed by atoms with Crippen molar-refractivity contribution in [2.24, 2.45) is 5.92 Å². The first-order chi connectivity index (χ1) is 10.9. The van der Waals surface area contributed by atoms with Gasteiger partial charge in [-0.15, -0.1) is 0 Å². The van der Waals surface area contributed by atoms with Crippen LogP contribution in [-0.2, 0) is 0 Å². The van der Waals surface area contributed by atoms with Gasteiger partial charge in [0.05, 0.1) is 6.20 Å². The first-order valence-electron chi connectivity index (χ1n) is 8.53. The molecule has 1 aliphatic rings. The lowest BCUT2D eigenvalue weighted by atomic mass is 9.76. The lowest BCUT2D eigenvalue weighted by molar-refractivity contribution is 0.0860. The Balaban J connectivity index is 1.86. The summed E-state index contributed by atoms with van der Waals surface area (Å²) in [6.45, 7) is 8.18. The first-order valence-corrected chi connectivity index (χ1v) is 8.53. The quantitative estimate of drug-likeness (QED) is 0.944. The molecule has 0 aliphatic heterocycles. The van der Waals surface area contributed by atoms with Crippen LogP contribution < -0.4 is 5.32 Å². The van der Waals surface area contributed by atoms with Crippen LogP contribution >= 0.6 is 0 Å². The van der Waals surface area contributed by atoms with Gasteiger partial charge in [-0.25, -0.2) is 9.50 Å². The van der Waals surface area contributed by atoms with Crippen molar-refractivity contribution < 1.29 is 4.79 Å². The maximum absolute atomic E-state index is 12.8. The predicted molar refractivity (Wildman–Crippen MR) is 90.6 cm³/mol. The van der Waals surface area contributed by atoms with Crippen LogP contribution in [0.5, 0.6) is 0 Å². The van der Waals surface area contributed by atoms with Gasteiger partial charge < -0.3 is 5.32 Å². The van der Waals surface area contributed by atoms with Crippen molar-refractivity contribution in [3.63, 3.8) is 0 Å². The molecule has 0 aromatic carbocycles. The lowest BCUT2D eigenvalue weighted by Gasteiger charge is -2.37. The molecule has 0 spiro atoms. The van der Waals surface area contributed by atoms with Crippen LogP contribution in [0.3, 0.4) is 0 Å². The van der Waals surface area contributed by atoms with Gasteiger partial charge in [-0.3, -0.25) is 4.79 Å². The van der Waals surface area contributed by atoms with Crippen LogP contribution in [0.15, 0.2) is 12.3 Å². The smallest absolute Gasteiger partial charge is 0.257 e. The van der Waals surface area contributed by atoms with E-state index in [4.69, 9.17) is 0 Å². The van der Waals surface area contributed by atoms with Gasteiger partial charge in [0.2, 0.25) is 0 Å². The molecule has 0 radical (unpaired) electrons. The largest absolute Gasteiger partial charge is 0.347 e. The standard InChI is InChI=1S/C18H26N4O/c1-12-10-13(2)22-16(20-12)15(11-19-22)17(23)21-18(3,4)14-8-6-5-7-9-14/h10-11,14H,5-9H2,1-4H3,(H,21,23). The number of hydrogen-bond acceptors (Lipinski definition) is 3. The summed E-state index contributed by atoms with van der Waals surface area (Å²) < 4.78 is 1.73. The Kier molecular flexibility index (Phi) is 4.13. The van der Waals surface area contributed by atoms with Gasteiger partial charge in [0.15, 0.2) is 5.65 Å². The summed E-state index contributed by atoms with van der Waals surface area (Å²) in [6.07, 6.45) is 7.86. The van der Waals surface area contributed by atoms with Crippen molar-refractivity contribution in [2.75, 3.05) is 0 Å². The average molecular weight is 314 g/mol. The van der Waals surface area contributed by atoms with E-state index in [1.165, 1.54) is 32.1 Å². The van der Waals surface area contributed by atoms with Crippen molar-refractivity contribution in [1.29, 1.82) is 0 Å². The number of rotatable bonds is 3. The summed E-state index contributed by atoms with van der Waals surface area (Å²) in [4.78, 5) is 17.3. The van der Waals surface area contributed by atoms with E-state index >= 15 is 0 Å². The maximum Gasteiger partial charge on any atom is 0.257 e. The van der Waals surface area contributed by atoms with Crippen molar-refractivity contribution in [2.45, 2.75) is 65.3 Å². The van der Waals surface area contributed by atoms with Crippen LogP contribution in [0.2, 0.25) is 0 Å². The minimum atomic E-state index is -0.204. The molecule has 1 amide bonds. The molecule has 5 nitrogen and oxygen atoms in total. The molecule has 1 fully saturated rings. The number of aromatic nitrogens is 3. The topological polar surface area (TPSA) is 59.3 Å². The fourth-order valence-electron chi connectivity index (χ4n) is 3.72. The van der Waals surface area contributed by atoms with Crippen molar-refractivity contribution in [1.82, 2.24) is 19.9 Å². The molecule has 1 saturated carbocycles. The first kappa shape index (κ1) is 16.0. The number of amides is 1. The summed E-state index contributed by atoms with van der Waals surface area (Å²) in [7, 11) is 0. The molecule has 0 bridgehead atoms. The summed E-state index contributed by atoms with van der Waals surface area (Å²) in [5.41, 5.74) is 2.87. The van der Waals surface area contributed by atoms with E-state index < -0.39 is 0 Å². The molecular weight excluding hydrogens is 288 g/mol. The molecule has 124 valence electrons. The minimum Gasteiger partial charge on any atom is -0.347 e. The van der Waals surface area contributed by atoms with Crippen molar-refractivity contribution in [3.8, 4) is 0 Å². The zero-order valence-electron chi connectivity index (χ0n) is 14.5. The van der Waals surface area contributed by atoms with Gasteiger partial charge in [-0.2, -0.15) is 5.10 Å². The molecule has 5 heteroatoms. The van der Waals surface area contributed by atoms with E-state index in [-0.39, 0.29) is 11.4 Å². The highest BCUT2D eigenvalue weighted by atomic mass is 16.1. The van der Waals surface area contributed by atoms with E-state index in [2.05, 4.69) is 29.2 Å². The number of nitrogens with one attached hydrogen (secondary N) is 1. The van der Waals surface area contributed by atoms with Gasteiger partial charge in [0.25, 0.3) is 5.91 Å². The molecule has 0 unspecified atom stereocenters. The Hall–Kier alpha value is -1.91. The van der Waals surface area contributed by atoms with Gasteiger partial charge in [-0.1, -0.05) is 19.3 Å². The maximum atomic E-state index is 12.8. The second kappa shape index (κ2) is 5.95. The third-order valence-corrected chi connectivity index (χ3v) is 5.08. The predicted octanol–water partition coefficient (Wildman–Crippen LogP) is 3.43. The second-order valence-electron chi connectivity index (χ2n) is 7.34. The summed E-state index contributed by atoms with van der Waals surface area (Å²) in [5.74, 6) is 0.464. The zero-order valence-corrected chi connectivity index (χ0v) is 14.5. The van der Waals surface area contributed by atoms with E-state index in [1.54, 1.807) is 10.7 Å². The molecular formula is C18H26N4O. The van der Waals surface area contributed by atoms with E-state index in [0.717, 1.165) is 11.4 Å². The Morgan fingerprint density at radius 3 is 2.65 bits per heavy atom. The normalized spacial score (nSPS) is 16.7. The number of carbonyl (C=O) groups is 1. The van der Waals surface area contributed by atoms with Crippen molar-refractivity contribution >= 4 is 11.6 Å². The molecule has 2 heterocycles. The third kappa shape index (κ3) is 3.09. The third-order valence-electron chi connectivity index (χ3n) is 5.08. The Bertz CT molecular complexity index is 726. The number of carbonyl (C=O) groups excluding carboxylic acids is 1. The number of hydrogen-bond donors (Lipinski definition) is 1. The van der Waals surface area contributed by atoms with Crippen LogP contribution in [0.25, 0.3) is 5.65 Å². The molecule has 0 saturated heterocycles. The van der Waals surface area contributed by atoms with Gasteiger partial charge in [0, 0.05) is 16.9 Å². The molecule has 1 N–H and O–H groups in total. The highest BCUT2D eigenvalue weighted by molar-refractivity contribution is 6.00. The fourth-order valence-corrected chi connectivity index (χ4v) is 3.72. The number of aryl methyl sites for hydroxylation is 2. The van der Waals surface area contributed by atoms with Crippen LogP contribution in [0.1, 0.15) is 67.7 Å². The minimum absolute atomic E-state index is 0.0759. The molecule has 23 heavy (non-hydrogen) atoms. The molecule has 0 atom stereocenters. The van der Waals surface area contributed by atoms with Gasteiger partial charge in [0.1, 0.15) is 5.56 Å². The number of nitrogens with zero attached hydrogens (tertiary/aromatic N) is 3. The second-order valence-corrected chi connectivity index (χ2v) is 7.34. The highest BCUT2D eigenvalue weighted by Gasteiger charge is 2.33. The lowest BCUT2D eigenvalue weighted by Crippen LogP contribution is -2.49. The van der Waals surface area contributed by atoms with Crippen LogP contribution in [0.4, 0.5) is 0 Å². The summed E-state index contributed by atoms with van der Waals surface area (Å²) in [5, 5.41) is 7.54. The van der Waals surface area contributed by atoms with E-state index in [0.29, 0.717) is 17.1 Å². The monoisotopic (exact) mass is 314 g/mol. The summed E-state index contributed by atoms with van der Waals surface area (Å²) >= 11 is 0. The van der Waals surface area contributed by atoms with Crippen molar-refractivity contribution in [3.05, 3.63) is 29.2 Å². The molecule has 2 aromatic heterocycles. The summed E-state index contributed by atoms with van der Waals surface area (Å²) in [6, 6.07) is 1.97. The molecule has 2 aromatic rings. The SMILES string of the molecule is Cc1cc(C)n2ncc(C(=O)NC(C)(C)C3CCCCC3)c2n1. The van der Waals surface area contributed by atoms with Crippen LogP contribution in [-0.4, -0.2) is 26.0 Å². The Morgan fingerprint density at radius 2 is 1.96 bits per heavy atom. The van der Waals surface area contributed by atoms with Gasteiger partial charge in [-0.05, 0) is 52.5 Å². The van der Waals surface area contributed by atoms with E-state index in [9.17, 15) is 4.79 Å². The Labute approximate surface area is 137 Å². The molecule has 1 aliphatic carbocycles. The average Bonchev–Trinajstić information content (AvgIpc) is 2.92. The van der Waals surface area contributed by atoms with Gasteiger partial charge >= 0.3 is 0 Å².